The molecule has 2 unspecified atom stereocenters. The predicted octanol–water partition coefficient (Wildman–Crippen LogP) is 3.46. The van der Waals surface area contributed by atoms with E-state index in [1.54, 1.807) is 0 Å². The summed E-state index contributed by atoms with van der Waals surface area (Å²) in [6.45, 7) is 0. The van der Waals surface area contributed by atoms with Crippen LogP contribution in [0, 0.1) is 0 Å². The van der Waals surface area contributed by atoms with Crippen molar-refractivity contribution in [1.82, 2.24) is 0 Å². The summed E-state index contributed by atoms with van der Waals surface area (Å²) in [6.07, 6.45) is 4.56. The fourth-order valence-corrected chi connectivity index (χ4v) is 3.15. The molecule has 1 aromatic rings. The monoisotopic (exact) mass is 252 g/mol. The van der Waals surface area contributed by atoms with Gasteiger partial charge in [-0.2, -0.15) is 0 Å². The van der Waals surface area contributed by atoms with Crippen LogP contribution in [0.25, 0.3) is 0 Å². The van der Waals surface area contributed by atoms with E-state index in [1.165, 1.54) is 12.5 Å². The van der Waals surface area contributed by atoms with Gasteiger partial charge in [-0.3, -0.25) is 0 Å². The smallest absolute Gasteiger partial charge is 0.339 e. The van der Waals surface area contributed by atoms with Gasteiger partial charge >= 0.3 is 5.97 Å². The van der Waals surface area contributed by atoms with Gasteiger partial charge in [0.25, 0.3) is 0 Å². The van der Waals surface area contributed by atoms with Gasteiger partial charge in [0.2, 0.25) is 0 Å². The molecule has 0 aromatic heterocycles. The second-order valence-corrected chi connectivity index (χ2v) is 5.16. The molecule has 90 valence electrons. The first-order chi connectivity index (χ1) is 8.16. The van der Waals surface area contributed by atoms with Crippen molar-refractivity contribution in [2.75, 3.05) is 0 Å². The van der Waals surface area contributed by atoms with Crippen LogP contribution in [0.5, 0.6) is 5.75 Å². The molecule has 4 heteroatoms. The van der Waals surface area contributed by atoms with Gasteiger partial charge in [-0.25, -0.2) is 4.79 Å². The first-order valence-corrected chi connectivity index (χ1v) is 6.28. The van der Waals surface area contributed by atoms with Crippen molar-refractivity contribution in [3.8, 4) is 5.75 Å². The Balaban J connectivity index is 2.11. The molecule has 2 aliphatic rings. The normalized spacial score (nSPS) is 25.9. The average Bonchev–Trinajstić information content (AvgIpc) is 2.66. The maximum atomic E-state index is 11.2. The van der Waals surface area contributed by atoms with Gasteiger partial charge in [-0.05, 0) is 31.4 Å². The molecule has 3 nitrogen and oxygen atoms in total. The van der Waals surface area contributed by atoms with E-state index in [4.69, 9.17) is 21.4 Å². The Bertz CT molecular complexity index is 484. The molecule has 17 heavy (non-hydrogen) atoms. The van der Waals surface area contributed by atoms with Gasteiger partial charge in [0, 0.05) is 16.5 Å². The Hall–Kier alpha value is -1.22. The minimum absolute atomic E-state index is 0.148. The minimum atomic E-state index is -0.970. The summed E-state index contributed by atoms with van der Waals surface area (Å²) in [5.74, 6) is -0.100. The Morgan fingerprint density at radius 1 is 1.35 bits per heavy atom. The third-order valence-electron chi connectivity index (χ3n) is 3.68. The quantitative estimate of drug-likeness (QED) is 0.833. The third kappa shape index (κ3) is 1.69. The number of carbonyl (C=O) groups is 1. The van der Waals surface area contributed by atoms with Crippen molar-refractivity contribution in [3.63, 3.8) is 0 Å². The van der Waals surface area contributed by atoms with Gasteiger partial charge in [-0.1, -0.05) is 18.0 Å². The number of carboxylic acids is 1. The first-order valence-electron chi connectivity index (χ1n) is 5.90. The molecule has 1 aromatic carbocycles. The number of hydrogen-bond donors (Lipinski definition) is 1. The van der Waals surface area contributed by atoms with Crippen molar-refractivity contribution >= 4 is 17.6 Å². The van der Waals surface area contributed by atoms with Crippen molar-refractivity contribution in [1.29, 1.82) is 0 Å². The zero-order valence-corrected chi connectivity index (χ0v) is 10.0. The maximum absolute atomic E-state index is 11.2. The van der Waals surface area contributed by atoms with Crippen molar-refractivity contribution < 1.29 is 14.6 Å². The van der Waals surface area contributed by atoms with E-state index in [9.17, 15) is 4.79 Å². The minimum Gasteiger partial charge on any atom is -0.489 e. The molecule has 1 N–H and O–H groups in total. The summed E-state index contributed by atoms with van der Waals surface area (Å²) in [7, 11) is 0. The molecule has 3 rings (SSSR count). The van der Waals surface area contributed by atoms with E-state index in [1.807, 2.05) is 6.07 Å². The number of ether oxygens (including phenoxy) is 1. The lowest BCUT2D eigenvalue weighted by Gasteiger charge is -2.23. The number of benzene rings is 1. The summed E-state index contributed by atoms with van der Waals surface area (Å²) in [5, 5.41) is 9.65. The first kappa shape index (κ1) is 10.9. The van der Waals surface area contributed by atoms with Crippen molar-refractivity contribution in [2.45, 2.75) is 37.7 Å². The molecule has 0 amide bonds. The number of rotatable bonds is 1. The molecule has 0 bridgehead atoms. The summed E-state index contributed by atoms with van der Waals surface area (Å²) < 4.78 is 5.82. The second-order valence-electron chi connectivity index (χ2n) is 4.72. The third-order valence-corrected chi connectivity index (χ3v) is 3.90. The van der Waals surface area contributed by atoms with Gasteiger partial charge in [-0.15, -0.1) is 0 Å². The van der Waals surface area contributed by atoms with Crippen LogP contribution in [0.4, 0.5) is 0 Å². The second kappa shape index (κ2) is 3.91. The molecule has 0 radical (unpaired) electrons. The molecular formula is C13H13ClO3. The number of fused-ring (bicyclic) bond motifs is 3. The standard InChI is InChI=1S/C13H13ClO3/c14-7-5-9-8-3-1-2-4-11(8)17-12(9)10(6-7)13(15)16/h5-6,8,11H,1-4H2,(H,15,16). The Labute approximate surface area is 104 Å². The summed E-state index contributed by atoms with van der Waals surface area (Å²) in [6, 6.07) is 3.33. The molecule has 1 saturated carbocycles. The predicted molar refractivity (Wildman–Crippen MR) is 64.0 cm³/mol. The number of hydrogen-bond acceptors (Lipinski definition) is 2. The Kier molecular flexibility index (Phi) is 2.51. The van der Waals surface area contributed by atoms with Crippen LogP contribution in [0.1, 0.15) is 47.5 Å². The molecule has 1 heterocycles. The average molecular weight is 253 g/mol. The Morgan fingerprint density at radius 2 is 2.12 bits per heavy atom. The SMILES string of the molecule is O=C(O)c1cc(Cl)cc2c1OC1CCCCC21. The highest BCUT2D eigenvalue weighted by Gasteiger charge is 2.38. The van der Waals surface area contributed by atoms with Crippen LogP contribution < -0.4 is 4.74 Å². The van der Waals surface area contributed by atoms with Crippen molar-refractivity contribution in [3.05, 3.63) is 28.3 Å². The summed E-state index contributed by atoms with van der Waals surface area (Å²) in [4.78, 5) is 11.2. The molecule has 1 aliphatic carbocycles. The highest BCUT2D eigenvalue weighted by atomic mass is 35.5. The lowest BCUT2D eigenvalue weighted by atomic mass is 9.83. The van der Waals surface area contributed by atoms with E-state index < -0.39 is 5.97 Å². The zero-order chi connectivity index (χ0) is 12.0. The van der Waals surface area contributed by atoms with E-state index in [0.717, 1.165) is 24.8 Å². The van der Waals surface area contributed by atoms with Crippen LogP contribution in [0.15, 0.2) is 12.1 Å². The fraction of sp³-hybridized carbons (Fsp3) is 0.462. The fourth-order valence-electron chi connectivity index (χ4n) is 2.93. The summed E-state index contributed by atoms with van der Waals surface area (Å²) >= 11 is 5.98. The van der Waals surface area contributed by atoms with Crippen LogP contribution in [0.3, 0.4) is 0 Å². The van der Waals surface area contributed by atoms with E-state index in [2.05, 4.69) is 0 Å². The van der Waals surface area contributed by atoms with E-state index in [-0.39, 0.29) is 11.7 Å². The van der Waals surface area contributed by atoms with Crippen LogP contribution >= 0.6 is 11.6 Å². The number of halogens is 1. The van der Waals surface area contributed by atoms with Gasteiger partial charge in [0.1, 0.15) is 17.4 Å². The van der Waals surface area contributed by atoms with Crippen LogP contribution in [-0.4, -0.2) is 17.2 Å². The lowest BCUT2D eigenvalue weighted by Crippen LogP contribution is -2.22. The number of aromatic carboxylic acids is 1. The summed E-state index contributed by atoms with van der Waals surface area (Å²) in [5.41, 5.74) is 1.18. The lowest BCUT2D eigenvalue weighted by molar-refractivity contribution is 0.0689. The van der Waals surface area contributed by atoms with Crippen molar-refractivity contribution in [2.24, 2.45) is 0 Å². The molecule has 0 saturated heterocycles. The molecule has 1 fully saturated rings. The Morgan fingerprint density at radius 3 is 2.88 bits per heavy atom. The van der Waals surface area contributed by atoms with Crippen LogP contribution in [-0.2, 0) is 0 Å². The molecule has 0 spiro atoms. The topological polar surface area (TPSA) is 46.5 Å². The maximum Gasteiger partial charge on any atom is 0.339 e. The largest absolute Gasteiger partial charge is 0.489 e. The zero-order valence-electron chi connectivity index (χ0n) is 9.28. The van der Waals surface area contributed by atoms with Gasteiger partial charge < -0.3 is 9.84 Å². The van der Waals surface area contributed by atoms with Crippen LogP contribution in [0.2, 0.25) is 5.02 Å². The van der Waals surface area contributed by atoms with Gasteiger partial charge in [0.05, 0.1) is 0 Å². The molecule has 2 atom stereocenters. The van der Waals surface area contributed by atoms with Gasteiger partial charge in [0.15, 0.2) is 0 Å². The highest BCUT2D eigenvalue weighted by Crippen LogP contribution is 2.48. The molecule has 1 aliphatic heterocycles. The van der Waals surface area contributed by atoms with E-state index >= 15 is 0 Å². The highest BCUT2D eigenvalue weighted by molar-refractivity contribution is 6.31. The van der Waals surface area contributed by atoms with E-state index in [0.29, 0.717) is 16.7 Å². The number of carboxylic acid groups (broad SMARTS) is 1. The molecular weight excluding hydrogens is 240 g/mol.